The third kappa shape index (κ3) is 1.28. The molecule has 10 heavy (non-hydrogen) atoms. The summed E-state index contributed by atoms with van der Waals surface area (Å²) in [6.45, 7) is -0.475. The van der Waals surface area contributed by atoms with Crippen molar-refractivity contribution in [3.05, 3.63) is 0 Å². The monoisotopic (exact) mass is 146 g/mol. The topological polar surface area (TPSA) is 37.3 Å². The molecule has 0 aliphatic heterocycles. The van der Waals surface area contributed by atoms with Crippen LogP contribution in [0.2, 0.25) is 0 Å². The van der Waals surface area contributed by atoms with Gasteiger partial charge in [0.2, 0.25) is 0 Å². The van der Waals surface area contributed by atoms with Crippen molar-refractivity contribution in [3.63, 3.8) is 0 Å². The predicted octanol–water partition coefficient (Wildman–Crippen LogP) is 1.46. The van der Waals surface area contributed by atoms with E-state index in [1.807, 2.05) is 0 Å². The van der Waals surface area contributed by atoms with Crippen LogP contribution < -0.4 is 0 Å². The molecule has 0 bridgehead atoms. The molecule has 3 heteroatoms. The highest BCUT2D eigenvalue weighted by Crippen LogP contribution is 2.31. The summed E-state index contributed by atoms with van der Waals surface area (Å²) in [4.78, 5) is 10.4. The van der Waals surface area contributed by atoms with Crippen LogP contribution in [0.3, 0.4) is 0 Å². The highest BCUT2D eigenvalue weighted by Gasteiger charge is 2.32. The molecular weight excluding hydrogens is 135 g/mol. The van der Waals surface area contributed by atoms with E-state index in [-0.39, 0.29) is 5.92 Å². The highest BCUT2D eigenvalue weighted by molar-refractivity contribution is 5.70. The van der Waals surface area contributed by atoms with Crippen molar-refractivity contribution in [3.8, 4) is 0 Å². The maximum atomic E-state index is 12.0. The van der Waals surface area contributed by atoms with Crippen LogP contribution in [-0.4, -0.2) is 17.8 Å². The first kappa shape index (κ1) is 7.51. The molecule has 0 spiro atoms. The molecular formula is C7H11FO2. The van der Waals surface area contributed by atoms with Gasteiger partial charge in [-0.15, -0.1) is 0 Å². The minimum atomic E-state index is -0.833. The van der Waals surface area contributed by atoms with Gasteiger partial charge in [-0.05, 0) is 12.8 Å². The van der Waals surface area contributed by atoms with E-state index >= 15 is 0 Å². The standard InChI is InChI=1S/C7H11FO2/c8-4-5-2-1-3-6(5)7(9)10/h5-6H,1-4H2,(H,9,10). The molecule has 58 valence electrons. The number of halogens is 1. The van der Waals surface area contributed by atoms with Crippen LogP contribution in [0.1, 0.15) is 19.3 Å². The molecule has 1 fully saturated rings. The van der Waals surface area contributed by atoms with Crippen LogP contribution in [0.4, 0.5) is 4.39 Å². The Morgan fingerprint density at radius 3 is 2.70 bits per heavy atom. The van der Waals surface area contributed by atoms with Crippen LogP contribution in [0.25, 0.3) is 0 Å². The molecule has 0 radical (unpaired) electrons. The van der Waals surface area contributed by atoms with Crippen LogP contribution in [-0.2, 0) is 4.79 Å². The van der Waals surface area contributed by atoms with Gasteiger partial charge in [0, 0.05) is 5.92 Å². The molecule has 2 unspecified atom stereocenters. The highest BCUT2D eigenvalue weighted by atomic mass is 19.1. The maximum absolute atomic E-state index is 12.0. The average molecular weight is 146 g/mol. The lowest BCUT2D eigenvalue weighted by Gasteiger charge is -2.09. The molecule has 1 aliphatic carbocycles. The van der Waals surface area contributed by atoms with Gasteiger partial charge in [-0.2, -0.15) is 0 Å². The van der Waals surface area contributed by atoms with E-state index in [9.17, 15) is 9.18 Å². The van der Waals surface area contributed by atoms with Gasteiger partial charge in [-0.3, -0.25) is 9.18 Å². The first-order chi connectivity index (χ1) is 4.75. The summed E-state index contributed by atoms with van der Waals surface area (Å²) in [5.74, 6) is -1.46. The van der Waals surface area contributed by atoms with Crippen molar-refractivity contribution in [2.45, 2.75) is 19.3 Å². The van der Waals surface area contributed by atoms with Crippen LogP contribution in [0.15, 0.2) is 0 Å². The van der Waals surface area contributed by atoms with Gasteiger partial charge in [-0.1, -0.05) is 6.42 Å². The fraction of sp³-hybridized carbons (Fsp3) is 0.857. The Kier molecular flexibility index (Phi) is 2.25. The van der Waals surface area contributed by atoms with Gasteiger partial charge >= 0.3 is 5.97 Å². The SMILES string of the molecule is O=C(O)C1CCCC1CF. The minimum Gasteiger partial charge on any atom is -0.481 e. The van der Waals surface area contributed by atoms with Crippen molar-refractivity contribution >= 4 is 5.97 Å². The molecule has 0 aromatic carbocycles. The zero-order valence-corrected chi connectivity index (χ0v) is 5.72. The van der Waals surface area contributed by atoms with E-state index in [0.717, 1.165) is 12.8 Å². The Hall–Kier alpha value is -0.600. The van der Waals surface area contributed by atoms with Crippen LogP contribution >= 0.6 is 0 Å². The number of carboxylic acids is 1. The number of alkyl halides is 1. The zero-order valence-electron chi connectivity index (χ0n) is 5.72. The van der Waals surface area contributed by atoms with Crippen molar-refractivity contribution in [2.24, 2.45) is 11.8 Å². The van der Waals surface area contributed by atoms with Gasteiger partial charge in [0.1, 0.15) is 0 Å². The van der Waals surface area contributed by atoms with Crippen LogP contribution in [0.5, 0.6) is 0 Å². The molecule has 2 atom stereocenters. The Bertz CT molecular complexity index is 136. The van der Waals surface area contributed by atoms with E-state index in [1.165, 1.54) is 0 Å². The molecule has 0 aromatic rings. The Labute approximate surface area is 59.0 Å². The third-order valence-corrected chi connectivity index (χ3v) is 2.17. The Morgan fingerprint density at radius 1 is 1.60 bits per heavy atom. The fourth-order valence-corrected chi connectivity index (χ4v) is 1.55. The lowest BCUT2D eigenvalue weighted by molar-refractivity contribution is -0.143. The lowest BCUT2D eigenvalue weighted by Crippen LogP contribution is -2.19. The number of aliphatic carboxylic acids is 1. The van der Waals surface area contributed by atoms with Gasteiger partial charge in [-0.25, -0.2) is 0 Å². The van der Waals surface area contributed by atoms with E-state index < -0.39 is 18.6 Å². The summed E-state index contributed by atoms with van der Waals surface area (Å²) >= 11 is 0. The number of carbonyl (C=O) groups is 1. The second-order valence-corrected chi connectivity index (χ2v) is 2.79. The van der Waals surface area contributed by atoms with Gasteiger partial charge in [0.25, 0.3) is 0 Å². The second-order valence-electron chi connectivity index (χ2n) is 2.79. The van der Waals surface area contributed by atoms with Crippen molar-refractivity contribution in [2.75, 3.05) is 6.67 Å². The summed E-state index contributed by atoms with van der Waals surface area (Å²) in [6, 6.07) is 0. The smallest absolute Gasteiger partial charge is 0.306 e. The third-order valence-electron chi connectivity index (χ3n) is 2.17. The number of hydrogen-bond donors (Lipinski definition) is 1. The maximum Gasteiger partial charge on any atom is 0.306 e. The molecule has 1 aliphatic rings. The number of carboxylic acid groups (broad SMARTS) is 1. The Morgan fingerprint density at radius 2 is 2.30 bits per heavy atom. The first-order valence-corrected chi connectivity index (χ1v) is 3.54. The molecule has 0 amide bonds. The summed E-state index contributed by atoms with van der Waals surface area (Å²) < 4.78 is 12.0. The number of rotatable bonds is 2. The van der Waals surface area contributed by atoms with Gasteiger partial charge in [0.15, 0.2) is 0 Å². The molecule has 0 heterocycles. The number of hydrogen-bond acceptors (Lipinski definition) is 1. The first-order valence-electron chi connectivity index (χ1n) is 3.54. The largest absolute Gasteiger partial charge is 0.481 e. The lowest BCUT2D eigenvalue weighted by atomic mass is 9.98. The average Bonchev–Trinajstić information content (AvgIpc) is 2.33. The second kappa shape index (κ2) is 2.99. The summed E-state index contributed by atoms with van der Waals surface area (Å²) in [6.07, 6.45) is 2.27. The molecule has 2 nitrogen and oxygen atoms in total. The normalized spacial score (nSPS) is 32.5. The summed E-state index contributed by atoms with van der Waals surface area (Å²) in [7, 11) is 0. The molecule has 0 aromatic heterocycles. The van der Waals surface area contributed by atoms with Crippen LogP contribution in [0, 0.1) is 11.8 Å². The Balaban J connectivity index is 2.50. The zero-order chi connectivity index (χ0) is 7.56. The van der Waals surface area contributed by atoms with E-state index in [1.54, 1.807) is 0 Å². The molecule has 0 saturated heterocycles. The molecule has 1 N–H and O–H groups in total. The van der Waals surface area contributed by atoms with Crippen molar-refractivity contribution in [1.82, 2.24) is 0 Å². The molecule has 1 rings (SSSR count). The fourth-order valence-electron chi connectivity index (χ4n) is 1.55. The van der Waals surface area contributed by atoms with Crippen molar-refractivity contribution in [1.29, 1.82) is 0 Å². The van der Waals surface area contributed by atoms with Crippen molar-refractivity contribution < 1.29 is 14.3 Å². The van der Waals surface area contributed by atoms with E-state index in [4.69, 9.17) is 5.11 Å². The van der Waals surface area contributed by atoms with E-state index in [2.05, 4.69) is 0 Å². The quantitative estimate of drug-likeness (QED) is 0.640. The van der Waals surface area contributed by atoms with Gasteiger partial charge < -0.3 is 5.11 Å². The predicted molar refractivity (Wildman–Crippen MR) is 34.4 cm³/mol. The summed E-state index contributed by atoms with van der Waals surface area (Å²) in [5, 5.41) is 8.55. The summed E-state index contributed by atoms with van der Waals surface area (Å²) in [5.41, 5.74) is 0. The molecule has 1 saturated carbocycles. The minimum absolute atomic E-state index is 0.211. The van der Waals surface area contributed by atoms with Gasteiger partial charge in [0.05, 0.1) is 12.6 Å². The van der Waals surface area contributed by atoms with E-state index in [0.29, 0.717) is 6.42 Å².